The molecule has 3 rings (SSSR count). The molecule has 0 amide bonds. The first-order valence-electron chi connectivity index (χ1n) is 5.16. The normalized spacial score (nSPS) is 13.7. The molecule has 0 aromatic heterocycles. The third-order valence-corrected chi connectivity index (χ3v) is 3.07. The van der Waals surface area contributed by atoms with Crippen molar-refractivity contribution in [2.75, 3.05) is 7.05 Å². The van der Waals surface area contributed by atoms with Gasteiger partial charge in [0.05, 0.1) is 18.0 Å². The van der Waals surface area contributed by atoms with E-state index in [1.807, 2.05) is 7.05 Å². The molecule has 74 valence electrons. The highest BCUT2D eigenvalue weighted by atomic mass is 15.4. The van der Waals surface area contributed by atoms with Crippen molar-refractivity contribution in [1.82, 2.24) is 5.43 Å². The minimum absolute atomic E-state index is 1.25. The van der Waals surface area contributed by atoms with Crippen LogP contribution in [0.5, 0.6) is 0 Å². The maximum atomic E-state index is 3.22. The van der Waals surface area contributed by atoms with Gasteiger partial charge in [-0.05, 0) is 11.5 Å². The van der Waals surface area contributed by atoms with Crippen LogP contribution >= 0.6 is 0 Å². The predicted octanol–water partition coefficient (Wildman–Crippen LogP) is 2.44. The summed E-state index contributed by atoms with van der Waals surface area (Å²) < 4.78 is 2.14. The molecule has 0 bridgehead atoms. The van der Waals surface area contributed by atoms with Crippen LogP contribution < -0.4 is 5.43 Å². The van der Waals surface area contributed by atoms with Crippen molar-refractivity contribution < 1.29 is 4.68 Å². The zero-order valence-electron chi connectivity index (χ0n) is 8.91. The number of hydrazone groups is 1. The molecule has 0 aliphatic carbocycles. The molecule has 1 N–H and O–H groups in total. The largest absolute Gasteiger partial charge is 0.244 e. The van der Waals surface area contributed by atoms with Gasteiger partial charge in [-0.2, -0.15) is 5.43 Å². The summed E-state index contributed by atoms with van der Waals surface area (Å²) in [7, 11) is 1.95. The van der Waals surface area contributed by atoms with Gasteiger partial charge in [0, 0.05) is 13.0 Å². The Bertz CT molecular complexity index is 577. The summed E-state index contributed by atoms with van der Waals surface area (Å²) in [6, 6.07) is 12.9. The topological polar surface area (TPSA) is 15.0 Å². The molecular weight excluding hydrogens is 184 g/mol. The van der Waals surface area contributed by atoms with Gasteiger partial charge in [0.2, 0.25) is 11.4 Å². The van der Waals surface area contributed by atoms with Crippen LogP contribution in [0, 0.1) is 0 Å². The predicted molar refractivity (Wildman–Crippen MR) is 62.7 cm³/mol. The molecule has 0 atom stereocenters. The highest BCUT2D eigenvalue weighted by molar-refractivity contribution is 6.14. The van der Waals surface area contributed by atoms with Crippen molar-refractivity contribution in [2.45, 2.75) is 6.92 Å². The third-order valence-electron chi connectivity index (χ3n) is 3.07. The van der Waals surface area contributed by atoms with E-state index in [9.17, 15) is 0 Å². The molecule has 1 aliphatic rings. The van der Waals surface area contributed by atoms with E-state index in [1.165, 1.54) is 27.7 Å². The molecule has 2 heteroatoms. The highest BCUT2D eigenvalue weighted by Crippen LogP contribution is 2.33. The van der Waals surface area contributed by atoms with E-state index < -0.39 is 0 Å². The van der Waals surface area contributed by atoms with Crippen molar-refractivity contribution in [3.8, 4) is 0 Å². The molecule has 0 fully saturated rings. The van der Waals surface area contributed by atoms with Crippen LogP contribution in [0.2, 0.25) is 0 Å². The number of hydrogen-bond acceptors (Lipinski definition) is 1. The number of nitrogens with one attached hydrogen (secondary N) is 1. The van der Waals surface area contributed by atoms with Gasteiger partial charge in [-0.1, -0.05) is 28.9 Å². The minimum Gasteiger partial charge on any atom is -0.195 e. The Hall–Kier alpha value is -1.83. The van der Waals surface area contributed by atoms with Crippen molar-refractivity contribution in [3.63, 3.8) is 0 Å². The standard InChI is InChI=1S/C13H13N2/c1-9-11-7-3-5-10-6-4-8-12(13(10)11)15(9)14-2/h3-8,14H,1-2H3/q+1. The SMILES string of the molecule is CN[N+]1=C(C)c2cccc3cccc1c23. The highest BCUT2D eigenvalue weighted by Gasteiger charge is 2.28. The zero-order chi connectivity index (χ0) is 10.4. The zero-order valence-corrected chi connectivity index (χ0v) is 8.91. The molecule has 15 heavy (non-hydrogen) atoms. The lowest BCUT2D eigenvalue weighted by molar-refractivity contribution is -0.498. The summed E-state index contributed by atoms with van der Waals surface area (Å²) in [4.78, 5) is 0. The first-order chi connectivity index (χ1) is 7.33. The van der Waals surface area contributed by atoms with Gasteiger partial charge < -0.3 is 0 Å². The summed E-state index contributed by atoms with van der Waals surface area (Å²) in [5, 5.41) is 2.66. The smallest absolute Gasteiger partial charge is 0.195 e. The van der Waals surface area contributed by atoms with Crippen LogP contribution in [0.15, 0.2) is 36.4 Å². The Labute approximate surface area is 88.8 Å². The Morgan fingerprint density at radius 3 is 2.53 bits per heavy atom. The van der Waals surface area contributed by atoms with Crippen LogP contribution in [-0.2, 0) is 0 Å². The van der Waals surface area contributed by atoms with Crippen molar-refractivity contribution in [3.05, 3.63) is 42.0 Å². The van der Waals surface area contributed by atoms with E-state index >= 15 is 0 Å². The number of nitrogens with zero attached hydrogens (tertiary/aromatic N) is 1. The molecule has 0 saturated heterocycles. The van der Waals surface area contributed by atoms with E-state index in [-0.39, 0.29) is 0 Å². The van der Waals surface area contributed by atoms with Crippen molar-refractivity contribution >= 4 is 22.2 Å². The third kappa shape index (κ3) is 0.962. The summed E-state index contributed by atoms with van der Waals surface area (Å²) in [6.45, 7) is 2.14. The first-order valence-corrected chi connectivity index (χ1v) is 5.16. The van der Waals surface area contributed by atoms with E-state index in [2.05, 4.69) is 53.4 Å². The lowest BCUT2D eigenvalue weighted by atomic mass is 10.0. The Kier molecular flexibility index (Phi) is 1.60. The molecule has 2 nitrogen and oxygen atoms in total. The van der Waals surface area contributed by atoms with Crippen LogP contribution in [0.3, 0.4) is 0 Å². The number of rotatable bonds is 1. The van der Waals surface area contributed by atoms with Gasteiger partial charge in [-0.15, -0.1) is 0 Å². The quantitative estimate of drug-likeness (QED) is 0.694. The maximum absolute atomic E-state index is 3.22. The fourth-order valence-corrected chi connectivity index (χ4v) is 2.40. The van der Waals surface area contributed by atoms with Crippen molar-refractivity contribution in [2.24, 2.45) is 0 Å². The lowest BCUT2D eigenvalue weighted by Gasteiger charge is -1.97. The Balaban J connectivity index is 2.50. The Morgan fingerprint density at radius 1 is 1.07 bits per heavy atom. The van der Waals surface area contributed by atoms with Gasteiger partial charge in [0.25, 0.3) is 0 Å². The maximum Gasteiger partial charge on any atom is 0.244 e. The van der Waals surface area contributed by atoms with Crippen LogP contribution in [-0.4, -0.2) is 17.4 Å². The van der Waals surface area contributed by atoms with Crippen LogP contribution in [0.25, 0.3) is 10.8 Å². The average Bonchev–Trinajstić information content (AvgIpc) is 2.55. The molecule has 1 aliphatic heterocycles. The summed E-state index contributed by atoms with van der Waals surface area (Å²) in [5.74, 6) is 0. The summed E-state index contributed by atoms with van der Waals surface area (Å²) in [6.07, 6.45) is 0. The van der Waals surface area contributed by atoms with Crippen LogP contribution in [0.1, 0.15) is 12.5 Å². The van der Waals surface area contributed by atoms with Gasteiger partial charge in [0.1, 0.15) is 0 Å². The fourth-order valence-electron chi connectivity index (χ4n) is 2.40. The van der Waals surface area contributed by atoms with Gasteiger partial charge in [0.15, 0.2) is 0 Å². The minimum atomic E-state index is 1.25. The number of benzene rings is 2. The fraction of sp³-hybridized carbons (Fsp3) is 0.154. The molecule has 0 unspecified atom stereocenters. The molecule has 0 spiro atoms. The first kappa shape index (κ1) is 8.48. The molecule has 2 aromatic carbocycles. The second-order valence-electron chi connectivity index (χ2n) is 3.83. The van der Waals surface area contributed by atoms with Crippen LogP contribution in [0.4, 0.5) is 5.69 Å². The molecule has 0 radical (unpaired) electrons. The van der Waals surface area contributed by atoms with E-state index in [4.69, 9.17) is 0 Å². The van der Waals surface area contributed by atoms with Gasteiger partial charge >= 0.3 is 0 Å². The monoisotopic (exact) mass is 197 g/mol. The molecular formula is C13H13N2+. The second kappa shape index (κ2) is 2.83. The average molecular weight is 197 g/mol. The molecule has 0 saturated carbocycles. The second-order valence-corrected chi connectivity index (χ2v) is 3.83. The number of hydrazine groups is 1. The number of hydrogen-bond donors (Lipinski definition) is 1. The lowest BCUT2D eigenvalue weighted by Crippen LogP contribution is -2.23. The van der Waals surface area contributed by atoms with E-state index in [0.717, 1.165) is 0 Å². The summed E-state index contributed by atoms with van der Waals surface area (Å²) >= 11 is 0. The van der Waals surface area contributed by atoms with E-state index in [0.29, 0.717) is 0 Å². The van der Waals surface area contributed by atoms with Gasteiger partial charge in [-0.3, -0.25) is 0 Å². The van der Waals surface area contributed by atoms with E-state index in [1.54, 1.807) is 0 Å². The van der Waals surface area contributed by atoms with Crippen molar-refractivity contribution in [1.29, 1.82) is 0 Å². The summed E-state index contributed by atoms with van der Waals surface area (Å²) in [5.41, 5.74) is 7.07. The molecule has 1 heterocycles. The molecule has 2 aromatic rings. The van der Waals surface area contributed by atoms with Gasteiger partial charge in [-0.25, -0.2) is 0 Å². The Morgan fingerprint density at radius 2 is 1.80 bits per heavy atom.